The Labute approximate surface area is 116 Å². The molecule has 0 aliphatic rings. The van der Waals surface area contributed by atoms with Gasteiger partial charge in [-0.3, -0.25) is 0 Å². The summed E-state index contributed by atoms with van der Waals surface area (Å²) in [5.74, 6) is -1.15. The minimum Gasteiger partial charge on any atom is -0.309 e. The summed E-state index contributed by atoms with van der Waals surface area (Å²) < 4.78 is 27.7. The van der Waals surface area contributed by atoms with Crippen molar-refractivity contribution in [1.82, 2.24) is 5.32 Å². The molecule has 1 nitrogen and oxygen atoms in total. The average Bonchev–Trinajstić information content (AvgIpc) is 2.37. The molecule has 0 fully saturated rings. The van der Waals surface area contributed by atoms with Gasteiger partial charge in [0.25, 0.3) is 0 Å². The van der Waals surface area contributed by atoms with Gasteiger partial charge in [-0.2, -0.15) is 0 Å². The highest BCUT2D eigenvalue weighted by atomic mass is 35.5. The maximum atomic E-state index is 13.8. The third kappa shape index (κ3) is 2.77. The third-order valence-electron chi connectivity index (χ3n) is 3.11. The molecule has 19 heavy (non-hydrogen) atoms. The molecule has 2 aromatic carbocycles. The Morgan fingerprint density at radius 1 is 1.11 bits per heavy atom. The molecule has 0 spiro atoms. The number of hydrogen-bond donors (Lipinski definition) is 1. The van der Waals surface area contributed by atoms with E-state index in [0.717, 1.165) is 11.1 Å². The van der Waals surface area contributed by atoms with Crippen molar-refractivity contribution in [3.05, 3.63) is 69.7 Å². The lowest BCUT2D eigenvalue weighted by molar-refractivity contribution is 0.522. The van der Waals surface area contributed by atoms with Gasteiger partial charge in [-0.25, -0.2) is 8.78 Å². The third-order valence-corrected chi connectivity index (χ3v) is 3.51. The van der Waals surface area contributed by atoms with Gasteiger partial charge in [-0.15, -0.1) is 0 Å². The van der Waals surface area contributed by atoms with Gasteiger partial charge in [-0.05, 0) is 43.3 Å². The number of rotatable bonds is 3. The average molecular weight is 282 g/mol. The van der Waals surface area contributed by atoms with Crippen molar-refractivity contribution < 1.29 is 8.78 Å². The van der Waals surface area contributed by atoms with Crippen molar-refractivity contribution in [3.8, 4) is 0 Å². The molecule has 0 saturated heterocycles. The first-order valence-electron chi connectivity index (χ1n) is 5.92. The molecule has 0 heterocycles. The Morgan fingerprint density at radius 2 is 1.74 bits per heavy atom. The molecule has 1 atom stereocenters. The first kappa shape index (κ1) is 14.0. The zero-order valence-corrected chi connectivity index (χ0v) is 11.4. The second-order valence-electron chi connectivity index (χ2n) is 4.37. The first-order valence-corrected chi connectivity index (χ1v) is 6.29. The summed E-state index contributed by atoms with van der Waals surface area (Å²) in [6.45, 7) is 1.88. The van der Waals surface area contributed by atoms with Gasteiger partial charge in [-0.1, -0.05) is 29.8 Å². The Bertz CT molecular complexity index is 578. The highest BCUT2D eigenvalue weighted by molar-refractivity contribution is 6.31. The van der Waals surface area contributed by atoms with Crippen LogP contribution in [0.3, 0.4) is 0 Å². The Hall–Kier alpha value is -1.45. The summed E-state index contributed by atoms with van der Waals surface area (Å²) in [6, 6.07) is 8.65. The van der Waals surface area contributed by atoms with Gasteiger partial charge in [0.1, 0.15) is 11.6 Å². The summed E-state index contributed by atoms with van der Waals surface area (Å²) in [4.78, 5) is 0. The fraction of sp³-hybridized carbons (Fsp3) is 0.200. The zero-order valence-electron chi connectivity index (χ0n) is 10.7. The van der Waals surface area contributed by atoms with E-state index in [2.05, 4.69) is 5.32 Å². The highest BCUT2D eigenvalue weighted by Crippen LogP contribution is 2.29. The molecule has 0 amide bonds. The summed E-state index contributed by atoms with van der Waals surface area (Å²) >= 11 is 6.07. The van der Waals surface area contributed by atoms with Crippen LogP contribution < -0.4 is 5.32 Å². The lowest BCUT2D eigenvalue weighted by atomic mass is 9.97. The van der Waals surface area contributed by atoms with Crippen molar-refractivity contribution in [2.24, 2.45) is 0 Å². The first-order chi connectivity index (χ1) is 9.04. The molecule has 0 aromatic heterocycles. The second-order valence-corrected chi connectivity index (χ2v) is 4.77. The Balaban J connectivity index is 2.53. The van der Waals surface area contributed by atoms with E-state index >= 15 is 0 Å². The van der Waals surface area contributed by atoms with Gasteiger partial charge in [0.05, 0.1) is 6.04 Å². The van der Waals surface area contributed by atoms with Gasteiger partial charge < -0.3 is 5.32 Å². The minimum absolute atomic E-state index is 0.00456. The van der Waals surface area contributed by atoms with Crippen LogP contribution in [0, 0.1) is 18.6 Å². The van der Waals surface area contributed by atoms with E-state index in [1.165, 1.54) is 18.2 Å². The molecular formula is C15H14ClF2N. The van der Waals surface area contributed by atoms with Crippen molar-refractivity contribution in [1.29, 1.82) is 0 Å². The minimum atomic E-state index is -0.573. The predicted molar refractivity (Wildman–Crippen MR) is 73.4 cm³/mol. The summed E-state index contributed by atoms with van der Waals surface area (Å²) in [5, 5.41) is 3.50. The standard InChI is InChI=1S/C15H14ClF2N/c1-9-6-7-10(8-11(9)16)15(19-2)14-12(17)4-3-5-13(14)18/h3-8,15,19H,1-2H3. The molecule has 1 N–H and O–H groups in total. The van der Waals surface area contributed by atoms with Crippen LogP contribution in [-0.2, 0) is 0 Å². The van der Waals surface area contributed by atoms with E-state index in [1.54, 1.807) is 13.1 Å². The highest BCUT2D eigenvalue weighted by Gasteiger charge is 2.20. The quantitative estimate of drug-likeness (QED) is 0.887. The lowest BCUT2D eigenvalue weighted by Gasteiger charge is -2.19. The summed E-state index contributed by atoms with van der Waals surface area (Å²) in [7, 11) is 1.66. The van der Waals surface area contributed by atoms with E-state index < -0.39 is 17.7 Å². The predicted octanol–water partition coefficient (Wildman–Crippen LogP) is 4.24. The molecule has 0 saturated carbocycles. The topological polar surface area (TPSA) is 12.0 Å². The van der Waals surface area contributed by atoms with E-state index in [1.807, 2.05) is 19.1 Å². The maximum Gasteiger partial charge on any atom is 0.131 e. The van der Waals surface area contributed by atoms with E-state index in [-0.39, 0.29) is 5.56 Å². The molecule has 2 rings (SSSR count). The number of hydrogen-bond acceptors (Lipinski definition) is 1. The van der Waals surface area contributed by atoms with Crippen LogP contribution in [0.25, 0.3) is 0 Å². The summed E-state index contributed by atoms with van der Waals surface area (Å²) in [5.41, 5.74) is 1.65. The van der Waals surface area contributed by atoms with Crippen LogP contribution in [0.1, 0.15) is 22.7 Å². The number of nitrogens with one attached hydrogen (secondary N) is 1. The van der Waals surface area contributed by atoms with Gasteiger partial charge in [0.2, 0.25) is 0 Å². The van der Waals surface area contributed by atoms with Gasteiger partial charge in [0, 0.05) is 10.6 Å². The lowest BCUT2D eigenvalue weighted by Crippen LogP contribution is -2.20. The normalized spacial score (nSPS) is 12.5. The van der Waals surface area contributed by atoms with E-state index in [9.17, 15) is 8.78 Å². The van der Waals surface area contributed by atoms with Crippen molar-refractivity contribution >= 4 is 11.6 Å². The van der Waals surface area contributed by atoms with Crippen LogP contribution in [0.4, 0.5) is 8.78 Å². The molecular weight excluding hydrogens is 268 g/mol. The van der Waals surface area contributed by atoms with Crippen LogP contribution in [0.15, 0.2) is 36.4 Å². The van der Waals surface area contributed by atoms with Gasteiger partial charge in [0.15, 0.2) is 0 Å². The summed E-state index contributed by atoms with van der Waals surface area (Å²) in [6.07, 6.45) is 0. The monoisotopic (exact) mass is 281 g/mol. The molecule has 0 aliphatic heterocycles. The molecule has 0 bridgehead atoms. The van der Waals surface area contributed by atoms with E-state index in [4.69, 9.17) is 11.6 Å². The maximum absolute atomic E-state index is 13.8. The van der Waals surface area contributed by atoms with Crippen LogP contribution in [0.2, 0.25) is 5.02 Å². The van der Waals surface area contributed by atoms with Crippen LogP contribution >= 0.6 is 11.6 Å². The zero-order chi connectivity index (χ0) is 14.0. The number of halogens is 3. The SMILES string of the molecule is CNC(c1ccc(C)c(Cl)c1)c1c(F)cccc1F. The molecule has 0 radical (unpaired) electrons. The number of benzene rings is 2. The smallest absolute Gasteiger partial charge is 0.131 e. The Morgan fingerprint density at radius 3 is 2.26 bits per heavy atom. The molecule has 0 aliphatic carbocycles. The second kappa shape index (κ2) is 5.68. The van der Waals surface area contributed by atoms with E-state index in [0.29, 0.717) is 5.02 Å². The molecule has 4 heteroatoms. The Kier molecular flexibility index (Phi) is 4.17. The molecule has 1 unspecified atom stereocenters. The van der Waals surface area contributed by atoms with Crippen molar-refractivity contribution in [3.63, 3.8) is 0 Å². The molecule has 2 aromatic rings. The fourth-order valence-electron chi connectivity index (χ4n) is 2.05. The van der Waals surface area contributed by atoms with Crippen molar-refractivity contribution in [2.45, 2.75) is 13.0 Å². The largest absolute Gasteiger partial charge is 0.309 e. The van der Waals surface area contributed by atoms with Gasteiger partial charge >= 0.3 is 0 Å². The van der Waals surface area contributed by atoms with Crippen LogP contribution in [-0.4, -0.2) is 7.05 Å². The number of aryl methyl sites for hydroxylation is 1. The fourth-order valence-corrected chi connectivity index (χ4v) is 2.24. The molecule has 100 valence electrons. The van der Waals surface area contributed by atoms with Crippen molar-refractivity contribution in [2.75, 3.05) is 7.05 Å². The van der Waals surface area contributed by atoms with Crippen LogP contribution in [0.5, 0.6) is 0 Å².